The number of aliphatic hydroxyl groups excluding tert-OH is 1. The second-order valence-corrected chi connectivity index (χ2v) is 9.59. The summed E-state index contributed by atoms with van der Waals surface area (Å²) in [6, 6.07) is 0. The van der Waals surface area contributed by atoms with Crippen molar-refractivity contribution in [1.82, 2.24) is 5.32 Å². The molecule has 0 aromatic carbocycles. The molecule has 0 amide bonds. The van der Waals surface area contributed by atoms with E-state index in [-0.39, 0.29) is 5.41 Å². The Labute approximate surface area is 124 Å². The lowest BCUT2D eigenvalue weighted by Crippen LogP contribution is -2.65. The fourth-order valence-electron chi connectivity index (χ4n) is 6.34. The van der Waals surface area contributed by atoms with Crippen molar-refractivity contribution < 1.29 is 5.11 Å². The van der Waals surface area contributed by atoms with Crippen LogP contribution in [0.1, 0.15) is 72.6 Å². The third-order valence-corrected chi connectivity index (χ3v) is 6.75. The largest absolute Gasteiger partial charge is 0.396 e. The summed E-state index contributed by atoms with van der Waals surface area (Å²) < 4.78 is 0. The number of rotatable bonds is 5. The minimum absolute atomic E-state index is 0.0468. The third kappa shape index (κ3) is 2.43. The van der Waals surface area contributed by atoms with Crippen LogP contribution in [0.4, 0.5) is 0 Å². The lowest BCUT2D eigenvalue weighted by atomic mass is 9.42. The minimum Gasteiger partial charge on any atom is -0.396 e. The average molecular weight is 279 g/mol. The van der Waals surface area contributed by atoms with Crippen LogP contribution in [0, 0.1) is 22.2 Å². The predicted molar refractivity (Wildman–Crippen MR) is 83.6 cm³/mol. The van der Waals surface area contributed by atoms with Gasteiger partial charge in [0.1, 0.15) is 0 Å². The summed E-state index contributed by atoms with van der Waals surface area (Å²) >= 11 is 0. The number of aliphatic hydroxyl groups is 1. The summed E-state index contributed by atoms with van der Waals surface area (Å²) in [5.74, 6) is 0.941. The van der Waals surface area contributed by atoms with Crippen molar-refractivity contribution in [3.05, 3.63) is 0 Å². The lowest BCUT2D eigenvalue weighted by Gasteiger charge is -2.66. The van der Waals surface area contributed by atoms with Gasteiger partial charge in [0, 0.05) is 24.1 Å². The predicted octanol–water partition coefficient (Wildman–Crippen LogP) is 3.73. The summed E-state index contributed by atoms with van der Waals surface area (Å²) in [6.45, 7) is 10.7. The maximum Gasteiger partial charge on any atom is 0.0496 e. The molecule has 4 rings (SSSR count). The highest BCUT2D eigenvalue weighted by atomic mass is 16.3. The van der Waals surface area contributed by atoms with Gasteiger partial charge >= 0.3 is 0 Å². The van der Waals surface area contributed by atoms with Crippen LogP contribution in [-0.2, 0) is 0 Å². The smallest absolute Gasteiger partial charge is 0.0496 e. The zero-order chi connectivity index (χ0) is 14.6. The van der Waals surface area contributed by atoms with Crippen LogP contribution in [0.15, 0.2) is 0 Å². The first kappa shape index (κ1) is 14.8. The summed E-state index contributed by atoms with van der Waals surface area (Å²) in [7, 11) is 0. The molecule has 3 atom stereocenters. The van der Waals surface area contributed by atoms with Crippen molar-refractivity contribution in [1.29, 1.82) is 0 Å². The van der Waals surface area contributed by atoms with Gasteiger partial charge in [-0.15, -0.1) is 0 Å². The quantitative estimate of drug-likeness (QED) is 0.803. The lowest BCUT2D eigenvalue weighted by molar-refractivity contribution is -0.120. The molecule has 4 bridgehead atoms. The van der Waals surface area contributed by atoms with Crippen LogP contribution in [0.5, 0.6) is 0 Å². The molecule has 0 aromatic rings. The topological polar surface area (TPSA) is 32.3 Å². The van der Waals surface area contributed by atoms with E-state index in [9.17, 15) is 5.11 Å². The Kier molecular flexibility index (Phi) is 3.31. The molecule has 0 radical (unpaired) electrons. The molecule has 0 heterocycles. The third-order valence-electron chi connectivity index (χ3n) is 6.75. The molecule has 2 heteroatoms. The Morgan fingerprint density at radius 2 is 1.70 bits per heavy atom. The van der Waals surface area contributed by atoms with Crippen molar-refractivity contribution in [2.75, 3.05) is 13.2 Å². The van der Waals surface area contributed by atoms with Gasteiger partial charge in [0.05, 0.1) is 0 Å². The van der Waals surface area contributed by atoms with Crippen LogP contribution in [0.25, 0.3) is 0 Å². The molecule has 0 saturated heterocycles. The van der Waals surface area contributed by atoms with Crippen LogP contribution < -0.4 is 5.32 Å². The number of hydrogen-bond acceptors (Lipinski definition) is 2. The van der Waals surface area contributed by atoms with E-state index in [1.807, 2.05) is 0 Å². The van der Waals surface area contributed by atoms with E-state index in [0.29, 0.717) is 23.0 Å². The van der Waals surface area contributed by atoms with Crippen LogP contribution in [-0.4, -0.2) is 23.8 Å². The molecule has 20 heavy (non-hydrogen) atoms. The Morgan fingerprint density at radius 3 is 2.15 bits per heavy atom. The van der Waals surface area contributed by atoms with Gasteiger partial charge in [-0.05, 0) is 61.7 Å². The highest BCUT2D eigenvalue weighted by Crippen LogP contribution is 2.66. The Hall–Kier alpha value is -0.0800. The summed E-state index contributed by atoms with van der Waals surface area (Å²) in [5, 5.41) is 13.6. The molecule has 2 N–H and O–H groups in total. The first-order chi connectivity index (χ1) is 9.24. The fourth-order valence-corrected chi connectivity index (χ4v) is 6.34. The first-order valence-corrected chi connectivity index (χ1v) is 8.59. The number of hydrogen-bond donors (Lipinski definition) is 2. The van der Waals surface area contributed by atoms with Crippen molar-refractivity contribution in [3.8, 4) is 0 Å². The Balaban J connectivity index is 1.76. The van der Waals surface area contributed by atoms with E-state index in [4.69, 9.17) is 0 Å². The molecule has 0 aromatic heterocycles. The van der Waals surface area contributed by atoms with E-state index in [1.165, 1.54) is 38.5 Å². The summed E-state index contributed by atoms with van der Waals surface area (Å²) in [5.41, 5.74) is 1.56. The zero-order valence-corrected chi connectivity index (χ0v) is 13.9. The van der Waals surface area contributed by atoms with Gasteiger partial charge in [-0.3, -0.25) is 0 Å². The van der Waals surface area contributed by atoms with Gasteiger partial charge in [0.15, 0.2) is 0 Å². The van der Waals surface area contributed by atoms with E-state index in [2.05, 4.69) is 33.0 Å². The summed E-state index contributed by atoms with van der Waals surface area (Å²) in [4.78, 5) is 0. The van der Waals surface area contributed by atoms with Crippen molar-refractivity contribution in [2.24, 2.45) is 22.2 Å². The van der Waals surface area contributed by atoms with Crippen LogP contribution in [0.3, 0.4) is 0 Å². The Bertz CT molecular complexity index is 369. The summed E-state index contributed by atoms with van der Waals surface area (Å²) in [6.07, 6.45) is 9.49. The van der Waals surface area contributed by atoms with Crippen molar-refractivity contribution in [3.63, 3.8) is 0 Å². The van der Waals surface area contributed by atoms with Crippen molar-refractivity contribution in [2.45, 2.75) is 78.2 Å². The standard InChI is InChI=1S/C18H33NO/c1-5-15(2,13-20)12-19-18-8-14-6-16(3,10-18)9-17(4,7-14)11-18/h14,19-20H,5-13H2,1-4H3. The van der Waals surface area contributed by atoms with E-state index < -0.39 is 0 Å². The zero-order valence-electron chi connectivity index (χ0n) is 13.9. The highest BCUT2D eigenvalue weighted by Gasteiger charge is 2.60. The normalized spacial score (nSPS) is 49.4. The molecule has 3 unspecified atom stereocenters. The SMILES string of the molecule is CCC(C)(CO)CNC12CC3CC(C)(CC(C)(C3)C1)C2. The molecular weight excluding hydrogens is 246 g/mol. The van der Waals surface area contributed by atoms with Gasteiger partial charge in [-0.1, -0.05) is 27.7 Å². The molecule has 0 spiro atoms. The van der Waals surface area contributed by atoms with Gasteiger partial charge < -0.3 is 10.4 Å². The van der Waals surface area contributed by atoms with Gasteiger partial charge in [-0.25, -0.2) is 0 Å². The van der Waals surface area contributed by atoms with E-state index in [0.717, 1.165) is 18.9 Å². The minimum atomic E-state index is 0.0468. The average Bonchev–Trinajstić information content (AvgIpc) is 2.32. The first-order valence-electron chi connectivity index (χ1n) is 8.59. The van der Waals surface area contributed by atoms with Crippen LogP contribution in [0.2, 0.25) is 0 Å². The van der Waals surface area contributed by atoms with Gasteiger partial charge in [-0.2, -0.15) is 0 Å². The van der Waals surface area contributed by atoms with Crippen LogP contribution >= 0.6 is 0 Å². The molecule has 2 nitrogen and oxygen atoms in total. The molecule has 4 aliphatic carbocycles. The molecule has 4 aliphatic rings. The second kappa shape index (κ2) is 4.46. The highest BCUT2D eigenvalue weighted by molar-refractivity contribution is 5.14. The maximum absolute atomic E-state index is 9.66. The second-order valence-electron chi connectivity index (χ2n) is 9.59. The Morgan fingerprint density at radius 1 is 1.10 bits per heavy atom. The maximum atomic E-state index is 9.66. The molecule has 0 aliphatic heterocycles. The fraction of sp³-hybridized carbons (Fsp3) is 1.00. The molecule has 4 fully saturated rings. The van der Waals surface area contributed by atoms with E-state index in [1.54, 1.807) is 0 Å². The van der Waals surface area contributed by atoms with E-state index >= 15 is 0 Å². The van der Waals surface area contributed by atoms with Gasteiger partial charge in [0.2, 0.25) is 0 Å². The monoisotopic (exact) mass is 279 g/mol. The van der Waals surface area contributed by atoms with Gasteiger partial charge in [0.25, 0.3) is 0 Å². The molecule has 116 valence electrons. The molecular formula is C18H33NO. The molecule has 4 saturated carbocycles. The van der Waals surface area contributed by atoms with Crippen molar-refractivity contribution >= 4 is 0 Å². The number of nitrogens with one attached hydrogen (secondary N) is 1.